The van der Waals surface area contributed by atoms with Crippen molar-refractivity contribution in [1.29, 1.82) is 0 Å². The number of nitrogens with zero attached hydrogens (tertiary/aromatic N) is 2. The van der Waals surface area contributed by atoms with Gasteiger partial charge in [0.2, 0.25) is 5.91 Å². The summed E-state index contributed by atoms with van der Waals surface area (Å²) in [6.45, 7) is 1.71. The highest BCUT2D eigenvalue weighted by Crippen LogP contribution is 2.11. The number of hydrogen-bond acceptors (Lipinski definition) is 4. The summed E-state index contributed by atoms with van der Waals surface area (Å²) in [6.07, 6.45) is 4.09. The molecule has 0 aliphatic heterocycles. The van der Waals surface area contributed by atoms with Crippen LogP contribution in [0.25, 0.3) is 4.96 Å². The maximum absolute atomic E-state index is 11.7. The Bertz CT molecular complexity index is 546. The van der Waals surface area contributed by atoms with Crippen LogP contribution in [0.4, 0.5) is 0 Å². The molecule has 1 atom stereocenters. The van der Waals surface area contributed by atoms with Crippen LogP contribution < -0.4 is 5.32 Å². The molecule has 0 saturated heterocycles. The van der Waals surface area contributed by atoms with Gasteiger partial charge in [-0.3, -0.25) is 9.20 Å². The molecule has 2 aromatic heterocycles. The van der Waals surface area contributed by atoms with Gasteiger partial charge >= 0.3 is 5.97 Å². The zero-order valence-electron chi connectivity index (χ0n) is 9.79. The standard InChI is InChI=1S/C11H13N3O3S/c1-2-8(10(16)17)13-9(15)5-7-6-14-3-4-18-11(14)12-7/h3-4,6,8H,2,5H2,1H3,(H,13,15)(H,16,17)/t8-/m0/s1. The number of carbonyl (C=O) groups excluding carboxylic acids is 1. The predicted molar refractivity (Wildman–Crippen MR) is 66.6 cm³/mol. The van der Waals surface area contributed by atoms with Gasteiger partial charge in [0.15, 0.2) is 4.96 Å². The van der Waals surface area contributed by atoms with Crippen LogP contribution in [0, 0.1) is 0 Å². The van der Waals surface area contributed by atoms with Gasteiger partial charge in [0.05, 0.1) is 12.1 Å². The van der Waals surface area contributed by atoms with E-state index in [4.69, 9.17) is 5.11 Å². The molecule has 0 aliphatic carbocycles. The van der Waals surface area contributed by atoms with E-state index in [0.29, 0.717) is 12.1 Å². The summed E-state index contributed by atoms with van der Waals surface area (Å²) in [5, 5.41) is 13.2. The minimum absolute atomic E-state index is 0.0954. The van der Waals surface area contributed by atoms with Crippen LogP contribution in [0.15, 0.2) is 17.8 Å². The van der Waals surface area contributed by atoms with Crippen LogP contribution in [0.3, 0.4) is 0 Å². The predicted octanol–water partition coefficient (Wildman–Crippen LogP) is 0.918. The van der Waals surface area contributed by atoms with Crippen molar-refractivity contribution in [2.45, 2.75) is 25.8 Å². The SMILES string of the molecule is CC[C@H](NC(=O)Cc1cn2ccsc2n1)C(=O)O. The Balaban J connectivity index is 1.99. The third-order valence-corrected chi connectivity index (χ3v) is 3.30. The molecule has 2 N–H and O–H groups in total. The molecule has 0 bridgehead atoms. The molecule has 2 rings (SSSR count). The molecule has 0 fully saturated rings. The third-order valence-electron chi connectivity index (χ3n) is 2.53. The zero-order chi connectivity index (χ0) is 13.1. The molecule has 0 aromatic carbocycles. The molecule has 18 heavy (non-hydrogen) atoms. The van der Waals surface area contributed by atoms with Gasteiger partial charge in [0, 0.05) is 17.8 Å². The summed E-state index contributed by atoms with van der Waals surface area (Å²) in [7, 11) is 0. The molecule has 2 aromatic rings. The Morgan fingerprint density at radius 2 is 2.39 bits per heavy atom. The Kier molecular flexibility index (Phi) is 3.61. The average Bonchev–Trinajstić information content (AvgIpc) is 2.85. The number of carboxylic acid groups (broad SMARTS) is 1. The number of rotatable bonds is 5. The highest BCUT2D eigenvalue weighted by atomic mass is 32.1. The smallest absolute Gasteiger partial charge is 0.326 e. The van der Waals surface area contributed by atoms with Crippen LogP contribution in [-0.4, -0.2) is 32.4 Å². The lowest BCUT2D eigenvalue weighted by Gasteiger charge is -2.11. The van der Waals surface area contributed by atoms with E-state index >= 15 is 0 Å². The molecule has 1 amide bonds. The second-order valence-electron chi connectivity index (χ2n) is 3.87. The second-order valence-corrected chi connectivity index (χ2v) is 4.74. The average molecular weight is 267 g/mol. The number of hydrogen-bond donors (Lipinski definition) is 2. The van der Waals surface area contributed by atoms with Gasteiger partial charge in [-0.25, -0.2) is 9.78 Å². The van der Waals surface area contributed by atoms with Gasteiger partial charge in [-0.1, -0.05) is 6.92 Å². The lowest BCUT2D eigenvalue weighted by Crippen LogP contribution is -2.41. The van der Waals surface area contributed by atoms with E-state index in [1.54, 1.807) is 13.1 Å². The molecule has 0 aliphatic rings. The first-order valence-corrected chi connectivity index (χ1v) is 6.41. The highest BCUT2D eigenvalue weighted by Gasteiger charge is 2.18. The molecular weight excluding hydrogens is 254 g/mol. The van der Waals surface area contributed by atoms with E-state index < -0.39 is 12.0 Å². The summed E-state index contributed by atoms with van der Waals surface area (Å²) in [6, 6.07) is -0.832. The molecule has 0 unspecified atom stereocenters. The molecule has 96 valence electrons. The van der Waals surface area contributed by atoms with Crippen molar-refractivity contribution in [3.63, 3.8) is 0 Å². The summed E-state index contributed by atoms with van der Waals surface area (Å²) in [4.78, 5) is 27.5. The molecule has 2 heterocycles. The number of carboxylic acids is 1. The fourth-order valence-electron chi connectivity index (χ4n) is 1.61. The molecule has 0 radical (unpaired) electrons. The first-order valence-electron chi connectivity index (χ1n) is 5.53. The Morgan fingerprint density at radius 3 is 3.00 bits per heavy atom. The minimum atomic E-state index is -1.02. The number of aliphatic carboxylic acids is 1. The summed E-state index contributed by atoms with van der Waals surface area (Å²) < 4.78 is 1.84. The van der Waals surface area contributed by atoms with Crippen molar-refractivity contribution in [1.82, 2.24) is 14.7 Å². The van der Waals surface area contributed by atoms with Crippen LogP contribution in [-0.2, 0) is 16.0 Å². The zero-order valence-corrected chi connectivity index (χ0v) is 10.6. The summed E-state index contributed by atoms with van der Waals surface area (Å²) in [5.74, 6) is -1.34. The lowest BCUT2D eigenvalue weighted by atomic mass is 10.2. The van der Waals surface area contributed by atoms with Crippen molar-refractivity contribution in [3.8, 4) is 0 Å². The monoisotopic (exact) mass is 267 g/mol. The largest absolute Gasteiger partial charge is 0.480 e. The fraction of sp³-hybridized carbons (Fsp3) is 0.364. The van der Waals surface area contributed by atoms with Crippen molar-refractivity contribution >= 4 is 28.2 Å². The molecular formula is C11H13N3O3S. The van der Waals surface area contributed by atoms with E-state index in [0.717, 1.165) is 4.96 Å². The first-order chi connectivity index (χ1) is 8.60. The summed E-state index contributed by atoms with van der Waals surface area (Å²) in [5.41, 5.74) is 0.639. The number of fused-ring (bicyclic) bond motifs is 1. The number of amides is 1. The van der Waals surface area contributed by atoms with Gasteiger partial charge in [-0.05, 0) is 6.42 Å². The van der Waals surface area contributed by atoms with Gasteiger partial charge in [-0.2, -0.15) is 0 Å². The van der Waals surface area contributed by atoms with Crippen molar-refractivity contribution in [2.75, 3.05) is 0 Å². The fourth-order valence-corrected chi connectivity index (χ4v) is 2.33. The second kappa shape index (κ2) is 5.18. The number of thiazole rings is 1. The molecule has 0 spiro atoms. The maximum Gasteiger partial charge on any atom is 0.326 e. The van der Waals surface area contributed by atoms with Crippen LogP contribution in [0.1, 0.15) is 19.0 Å². The number of aromatic nitrogens is 2. The van der Waals surface area contributed by atoms with Crippen molar-refractivity contribution < 1.29 is 14.7 Å². The van der Waals surface area contributed by atoms with E-state index in [9.17, 15) is 9.59 Å². The summed E-state index contributed by atoms with van der Waals surface area (Å²) >= 11 is 1.48. The first kappa shape index (κ1) is 12.6. The lowest BCUT2D eigenvalue weighted by molar-refractivity contribution is -0.141. The van der Waals surface area contributed by atoms with E-state index in [1.807, 2.05) is 16.0 Å². The van der Waals surface area contributed by atoms with Gasteiger partial charge in [-0.15, -0.1) is 11.3 Å². The van der Waals surface area contributed by atoms with E-state index in [-0.39, 0.29) is 12.3 Å². The van der Waals surface area contributed by atoms with E-state index in [1.165, 1.54) is 11.3 Å². The molecule has 0 saturated carbocycles. The Labute approximate surface area is 107 Å². The highest BCUT2D eigenvalue weighted by molar-refractivity contribution is 7.15. The molecule has 7 heteroatoms. The minimum Gasteiger partial charge on any atom is -0.480 e. The maximum atomic E-state index is 11.7. The van der Waals surface area contributed by atoms with Crippen molar-refractivity contribution in [3.05, 3.63) is 23.5 Å². The number of nitrogens with one attached hydrogen (secondary N) is 1. The van der Waals surface area contributed by atoms with Crippen LogP contribution in [0.2, 0.25) is 0 Å². The quantitative estimate of drug-likeness (QED) is 0.843. The number of imidazole rings is 1. The van der Waals surface area contributed by atoms with E-state index in [2.05, 4.69) is 10.3 Å². The van der Waals surface area contributed by atoms with Crippen LogP contribution in [0.5, 0.6) is 0 Å². The van der Waals surface area contributed by atoms with Gasteiger partial charge in [0.1, 0.15) is 6.04 Å². The van der Waals surface area contributed by atoms with Gasteiger partial charge < -0.3 is 10.4 Å². The Hall–Kier alpha value is -1.89. The topological polar surface area (TPSA) is 83.7 Å². The number of carbonyl (C=O) groups is 2. The third kappa shape index (κ3) is 2.67. The van der Waals surface area contributed by atoms with Crippen molar-refractivity contribution in [2.24, 2.45) is 0 Å². The normalized spacial score (nSPS) is 12.5. The Morgan fingerprint density at radius 1 is 1.61 bits per heavy atom. The van der Waals surface area contributed by atoms with Crippen LogP contribution >= 0.6 is 11.3 Å². The van der Waals surface area contributed by atoms with Gasteiger partial charge in [0.25, 0.3) is 0 Å². The molecule has 6 nitrogen and oxygen atoms in total.